The fourth-order valence-electron chi connectivity index (χ4n) is 2.59. The zero-order valence-electron chi connectivity index (χ0n) is 14.1. The number of carboxylic acids is 1. The number of hydrogen-bond acceptors (Lipinski definition) is 2. The van der Waals surface area contributed by atoms with E-state index in [4.69, 9.17) is 9.84 Å². The summed E-state index contributed by atoms with van der Waals surface area (Å²) in [5, 5.41) is 8.90. The van der Waals surface area contributed by atoms with Crippen molar-refractivity contribution in [2.24, 2.45) is 0 Å². The van der Waals surface area contributed by atoms with Crippen LogP contribution in [0.1, 0.15) is 28.4 Å². The summed E-state index contributed by atoms with van der Waals surface area (Å²) >= 11 is 0. The maximum Gasteiger partial charge on any atom is 0.335 e. The van der Waals surface area contributed by atoms with Gasteiger partial charge in [0.1, 0.15) is 12.4 Å². The van der Waals surface area contributed by atoms with Gasteiger partial charge in [-0.2, -0.15) is 0 Å². The van der Waals surface area contributed by atoms with Gasteiger partial charge in [-0.15, -0.1) is 0 Å². The molecule has 0 amide bonds. The summed E-state index contributed by atoms with van der Waals surface area (Å²) in [4.78, 5) is 10.8. The maximum absolute atomic E-state index is 10.8. The maximum atomic E-state index is 10.8. The zero-order valence-corrected chi connectivity index (χ0v) is 14.1. The van der Waals surface area contributed by atoms with Crippen molar-refractivity contribution < 1.29 is 14.6 Å². The summed E-state index contributed by atoms with van der Waals surface area (Å²) in [5.74, 6) is -0.133. The van der Waals surface area contributed by atoms with E-state index in [1.807, 2.05) is 24.3 Å². The topological polar surface area (TPSA) is 46.5 Å². The third-order valence-corrected chi connectivity index (χ3v) is 4.16. The molecule has 0 aromatic heterocycles. The van der Waals surface area contributed by atoms with Crippen LogP contribution in [0.3, 0.4) is 0 Å². The predicted molar refractivity (Wildman–Crippen MR) is 99.0 cm³/mol. The van der Waals surface area contributed by atoms with Crippen LogP contribution in [0, 0.1) is 0 Å². The quantitative estimate of drug-likeness (QED) is 0.675. The van der Waals surface area contributed by atoms with Gasteiger partial charge >= 0.3 is 5.97 Å². The molecule has 126 valence electrons. The Labute approximate surface area is 147 Å². The second-order valence-electron chi connectivity index (χ2n) is 5.87. The van der Waals surface area contributed by atoms with Crippen molar-refractivity contribution in [3.05, 3.63) is 89.5 Å². The second-order valence-corrected chi connectivity index (χ2v) is 5.87. The van der Waals surface area contributed by atoms with Gasteiger partial charge in [0.2, 0.25) is 0 Å². The number of ether oxygens (including phenoxy) is 1. The summed E-state index contributed by atoms with van der Waals surface area (Å²) in [5.41, 5.74) is 4.89. The highest BCUT2D eigenvalue weighted by atomic mass is 16.5. The Morgan fingerprint density at radius 1 is 0.800 bits per heavy atom. The lowest BCUT2D eigenvalue weighted by Crippen LogP contribution is -1.98. The highest BCUT2D eigenvalue weighted by molar-refractivity contribution is 5.87. The summed E-state index contributed by atoms with van der Waals surface area (Å²) in [6.45, 7) is 2.56. The van der Waals surface area contributed by atoms with Crippen LogP contribution in [0.2, 0.25) is 0 Å². The molecular formula is C22H20O3. The van der Waals surface area contributed by atoms with Crippen molar-refractivity contribution in [1.29, 1.82) is 0 Å². The number of rotatable bonds is 6. The first kappa shape index (κ1) is 16.8. The average Bonchev–Trinajstić information content (AvgIpc) is 2.67. The van der Waals surface area contributed by atoms with E-state index in [-0.39, 0.29) is 5.56 Å². The molecule has 0 aliphatic carbocycles. The number of aryl methyl sites for hydroxylation is 1. The van der Waals surface area contributed by atoms with E-state index < -0.39 is 5.97 Å². The van der Waals surface area contributed by atoms with Gasteiger partial charge in [0.05, 0.1) is 5.56 Å². The first-order valence-corrected chi connectivity index (χ1v) is 8.30. The standard InChI is InChI=1S/C22H20O3/c1-2-16-3-7-18(8-4-16)19-11-13-21(14-12-19)25-15-17-5-9-20(10-6-17)22(23)24/h3-14H,2,15H2,1H3,(H,23,24). The molecule has 0 radical (unpaired) electrons. The van der Waals surface area contributed by atoms with Crippen molar-refractivity contribution in [1.82, 2.24) is 0 Å². The Morgan fingerprint density at radius 3 is 1.84 bits per heavy atom. The fraction of sp³-hybridized carbons (Fsp3) is 0.136. The van der Waals surface area contributed by atoms with Gasteiger partial charge in [-0.3, -0.25) is 0 Å². The molecule has 3 aromatic rings. The molecule has 0 fully saturated rings. The fourth-order valence-corrected chi connectivity index (χ4v) is 2.59. The van der Waals surface area contributed by atoms with E-state index in [1.165, 1.54) is 11.1 Å². The molecular weight excluding hydrogens is 312 g/mol. The lowest BCUT2D eigenvalue weighted by molar-refractivity contribution is 0.0697. The van der Waals surface area contributed by atoms with E-state index >= 15 is 0 Å². The van der Waals surface area contributed by atoms with Crippen LogP contribution < -0.4 is 4.74 Å². The first-order chi connectivity index (χ1) is 12.2. The number of aromatic carboxylic acids is 1. The Hall–Kier alpha value is -3.07. The molecule has 0 aliphatic heterocycles. The molecule has 0 aliphatic rings. The zero-order chi connectivity index (χ0) is 17.6. The van der Waals surface area contributed by atoms with Crippen LogP contribution >= 0.6 is 0 Å². The third-order valence-electron chi connectivity index (χ3n) is 4.16. The molecule has 3 nitrogen and oxygen atoms in total. The van der Waals surface area contributed by atoms with E-state index in [0.29, 0.717) is 6.61 Å². The molecule has 0 spiro atoms. The lowest BCUT2D eigenvalue weighted by atomic mass is 10.0. The number of hydrogen-bond donors (Lipinski definition) is 1. The highest BCUT2D eigenvalue weighted by Crippen LogP contribution is 2.23. The van der Waals surface area contributed by atoms with Crippen LogP contribution in [0.5, 0.6) is 5.75 Å². The highest BCUT2D eigenvalue weighted by Gasteiger charge is 2.03. The van der Waals surface area contributed by atoms with Gasteiger partial charge in [-0.05, 0) is 52.9 Å². The molecule has 0 atom stereocenters. The number of carboxylic acid groups (broad SMARTS) is 1. The Morgan fingerprint density at radius 2 is 1.32 bits per heavy atom. The minimum Gasteiger partial charge on any atom is -0.489 e. The molecule has 0 saturated carbocycles. The van der Waals surface area contributed by atoms with Gasteiger partial charge in [-0.25, -0.2) is 4.79 Å². The van der Waals surface area contributed by atoms with Crippen molar-refractivity contribution in [3.8, 4) is 16.9 Å². The minimum atomic E-state index is -0.921. The predicted octanol–water partition coefficient (Wildman–Crippen LogP) is 5.19. The normalized spacial score (nSPS) is 10.4. The number of benzene rings is 3. The van der Waals surface area contributed by atoms with Crippen LogP contribution in [0.25, 0.3) is 11.1 Å². The van der Waals surface area contributed by atoms with Crippen molar-refractivity contribution in [2.45, 2.75) is 20.0 Å². The van der Waals surface area contributed by atoms with E-state index in [2.05, 4.69) is 31.2 Å². The molecule has 25 heavy (non-hydrogen) atoms. The monoisotopic (exact) mass is 332 g/mol. The largest absolute Gasteiger partial charge is 0.489 e. The van der Waals surface area contributed by atoms with Crippen molar-refractivity contribution in [3.63, 3.8) is 0 Å². The molecule has 0 unspecified atom stereocenters. The Bertz CT molecular complexity index is 832. The van der Waals surface area contributed by atoms with Gasteiger partial charge < -0.3 is 9.84 Å². The number of carbonyl (C=O) groups is 1. The molecule has 0 bridgehead atoms. The minimum absolute atomic E-state index is 0.280. The van der Waals surface area contributed by atoms with Crippen LogP contribution in [0.4, 0.5) is 0 Å². The van der Waals surface area contributed by atoms with Gasteiger partial charge in [0, 0.05) is 0 Å². The first-order valence-electron chi connectivity index (χ1n) is 8.30. The van der Waals surface area contributed by atoms with Gasteiger partial charge in [0.25, 0.3) is 0 Å². The SMILES string of the molecule is CCc1ccc(-c2ccc(OCc3ccc(C(=O)O)cc3)cc2)cc1. The van der Waals surface area contributed by atoms with Crippen LogP contribution in [-0.4, -0.2) is 11.1 Å². The van der Waals surface area contributed by atoms with E-state index in [9.17, 15) is 4.79 Å². The molecule has 0 saturated heterocycles. The molecule has 0 heterocycles. The Balaban J connectivity index is 1.63. The van der Waals surface area contributed by atoms with E-state index in [1.54, 1.807) is 24.3 Å². The molecule has 3 aromatic carbocycles. The smallest absolute Gasteiger partial charge is 0.335 e. The van der Waals surface area contributed by atoms with Crippen LogP contribution in [-0.2, 0) is 13.0 Å². The molecule has 3 heteroatoms. The third kappa shape index (κ3) is 4.27. The average molecular weight is 332 g/mol. The van der Waals surface area contributed by atoms with Crippen molar-refractivity contribution in [2.75, 3.05) is 0 Å². The molecule has 3 rings (SSSR count). The lowest BCUT2D eigenvalue weighted by Gasteiger charge is -2.08. The summed E-state index contributed by atoms with van der Waals surface area (Å²) in [6.07, 6.45) is 1.04. The molecule has 1 N–H and O–H groups in total. The summed E-state index contributed by atoms with van der Waals surface area (Å²) in [6, 6.07) is 23.3. The summed E-state index contributed by atoms with van der Waals surface area (Å²) in [7, 11) is 0. The van der Waals surface area contributed by atoms with E-state index in [0.717, 1.165) is 23.3 Å². The Kier molecular flexibility index (Phi) is 5.14. The summed E-state index contributed by atoms with van der Waals surface area (Å²) < 4.78 is 5.77. The van der Waals surface area contributed by atoms with Crippen LogP contribution in [0.15, 0.2) is 72.8 Å². The van der Waals surface area contributed by atoms with Gasteiger partial charge in [-0.1, -0.05) is 55.5 Å². The van der Waals surface area contributed by atoms with Gasteiger partial charge in [0.15, 0.2) is 0 Å². The van der Waals surface area contributed by atoms with Crippen molar-refractivity contribution >= 4 is 5.97 Å². The second kappa shape index (κ2) is 7.67.